The Bertz CT molecular complexity index is 736. The van der Waals surface area contributed by atoms with E-state index in [1.54, 1.807) is 44.6 Å². The molecule has 0 aliphatic heterocycles. The van der Waals surface area contributed by atoms with Crippen LogP contribution in [0.1, 0.15) is 0 Å². The first-order chi connectivity index (χ1) is 11.0. The van der Waals surface area contributed by atoms with E-state index in [9.17, 15) is 10.1 Å². The monoisotopic (exact) mass is 333 g/mol. The maximum absolute atomic E-state index is 10.8. The molecule has 0 aliphatic carbocycles. The van der Waals surface area contributed by atoms with Crippen LogP contribution in [0.15, 0.2) is 42.5 Å². The van der Waals surface area contributed by atoms with Crippen molar-refractivity contribution in [1.82, 2.24) is 0 Å². The van der Waals surface area contributed by atoms with Crippen molar-refractivity contribution in [2.24, 2.45) is 0 Å². The minimum absolute atomic E-state index is 0.0169. The number of benzene rings is 2. The molecule has 0 atom stereocenters. The highest BCUT2D eigenvalue weighted by Gasteiger charge is 2.09. The van der Waals surface area contributed by atoms with Crippen molar-refractivity contribution in [2.75, 3.05) is 24.9 Å². The van der Waals surface area contributed by atoms with Crippen molar-refractivity contribution < 1.29 is 14.4 Å². The first-order valence-electron chi connectivity index (χ1n) is 6.58. The summed E-state index contributed by atoms with van der Waals surface area (Å²) in [5.41, 5.74) is 1.12. The molecule has 7 nitrogen and oxygen atoms in total. The van der Waals surface area contributed by atoms with Crippen molar-refractivity contribution >= 4 is 34.4 Å². The molecule has 8 heteroatoms. The van der Waals surface area contributed by atoms with Crippen LogP contribution in [0.25, 0.3) is 0 Å². The fourth-order valence-electron chi connectivity index (χ4n) is 1.89. The van der Waals surface area contributed by atoms with Gasteiger partial charge < -0.3 is 20.1 Å². The summed E-state index contributed by atoms with van der Waals surface area (Å²) in [5, 5.41) is 16.9. The summed E-state index contributed by atoms with van der Waals surface area (Å²) in [6.45, 7) is 0. The van der Waals surface area contributed by atoms with Gasteiger partial charge in [-0.3, -0.25) is 10.1 Å². The first kappa shape index (κ1) is 16.5. The molecule has 0 radical (unpaired) electrons. The van der Waals surface area contributed by atoms with E-state index >= 15 is 0 Å². The Morgan fingerprint density at radius 2 is 1.91 bits per heavy atom. The van der Waals surface area contributed by atoms with Gasteiger partial charge in [0.15, 0.2) is 5.11 Å². The molecule has 2 aromatic rings. The zero-order valence-corrected chi connectivity index (χ0v) is 13.3. The van der Waals surface area contributed by atoms with Crippen LogP contribution >= 0.6 is 12.2 Å². The smallest absolute Gasteiger partial charge is 0.271 e. The number of non-ortho nitro benzene ring substituents is 1. The van der Waals surface area contributed by atoms with Crippen LogP contribution in [-0.4, -0.2) is 24.3 Å². The summed E-state index contributed by atoms with van der Waals surface area (Å²) >= 11 is 5.23. The van der Waals surface area contributed by atoms with Gasteiger partial charge in [-0.1, -0.05) is 6.07 Å². The fourth-order valence-corrected chi connectivity index (χ4v) is 2.12. The van der Waals surface area contributed by atoms with Gasteiger partial charge in [0.05, 0.1) is 24.8 Å². The topological polar surface area (TPSA) is 85.7 Å². The second-order valence-corrected chi connectivity index (χ2v) is 4.86. The van der Waals surface area contributed by atoms with Crippen LogP contribution in [0.4, 0.5) is 17.1 Å². The number of hydrogen-bond acceptors (Lipinski definition) is 5. The lowest BCUT2D eigenvalue weighted by Gasteiger charge is -2.14. The van der Waals surface area contributed by atoms with Gasteiger partial charge in [-0.2, -0.15) is 0 Å². The number of rotatable bonds is 5. The summed E-state index contributed by atoms with van der Waals surface area (Å²) in [7, 11) is 3.11. The predicted octanol–water partition coefficient (Wildman–Crippen LogP) is 3.42. The number of hydrogen-bond donors (Lipinski definition) is 2. The van der Waals surface area contributed by atoms with Crippen LogP contribution < -0.4 is 20.1 Å². The van der Waals surface area contributed by atoms with E-state index in [4.69, 9.17) is 21.7 Å². The SMILES string of the molecule is COc1ccc(OC)c(NC(=S)Nc2cccc([N+](=O)[O-])c2)c1. The lowest BCUT2D eigenvalue weighted by Crippen LogP contribution is -2.19. The van der Waals surface area contributed by atoms with E-state index < -0.39 is 4.92 Å². The molecule has 0 aromatic heterocycles. The number of thiocarbonyl (C=S) groups is 1. The highest BCUT2D eigenvalue weighted by atomic mass is 32.1. The van der Waals surface area contributed by atoms with Gasteiger partial charge in [0.25, 0.3) is 5.69 Å². The number of nitro groups is 1. The molecule has 23 heavy (non-hydrogen) atoms. The zero-order chi connectivity index (χ0) is 16.8. The van der Waals surface area contributed by atoms with Crippen LogP contribution in [0.3, 0.4) is 0 Å². The van der Waals surface area contributed by atoms with E-state index in [0.717, 1.165) is 0 Å². The van der Waals surface area contributed by atoms with Crippen molar-refractivity contribution in [3.05, 3.63) is 52.6 Å². The van der Waals surface area contributed by atoms with Gasteiger partial charge in [-0.25, -0.2) is 0 Å². The summed E-state index contributed by atoms with van der Waals surface area (Å²) in [6.07, 6.45) is 0. The Balaban J connectivity index is 2.13. The molecule has 0 fully saturated rings. The quantitative estimate of drug-likeness (QED) is 0.492. The van der Waals surface area contributed by atoms with Crippen LogP contribution in [-0.2, 0) is 0 Å². The second-order valence-electron chi connectivity index (χ2n) is 4.45. The molecule has 0 bridgehead atoms. The highest BCUT2D eigenvalue weighted by molar-refractivity contribution is 7.80. The summed E-state index contributed by atoms with van der Waals surface area (Å²) in [6, 6.07) is 11.3. The number of nitrogens with zero attached hydrogens (tertiary/aromatic N) is 1. The molecule has 0 saturated carbocycles. The van der Waals surface area contributed by atoms with Gasteiger partial charge in [0.2, 0.25) is 0 Å². The Morgan fingerprint density at radius 3 is 2.57 bits per heavy atom. The van der Waals surface area contributed by atoms with Gasteiger partial charge >= 0.3 is 0 Å². The van der Waals surface area contributed by atoms with E-state index in [1.165, 1.54) is 12.1 Å². The molecule has 2 rings (SSSR count). The molecule has 0 aliphatic rings. The average molecular weight is 333 g/mol. The first-order valence-corrected chi connectivity index (χ1v) is 6.99. The largest absolute Gasteiger partial charge is 0.497 e. The number of nitro benzene ring substituents is 1. The van der Waals surface area contributed by atoms with Gasteiger partial charge in [-0.05, 0) is 30.4 Å². The van der Waals surface area contributed by atoms with Crippen molar-refractivity contribution in [3.8, 4) is 11.5 Å². The number of ether oxygens (including phenoxy) is 2. The molecule has 0 saturated heterocycles. The third kappa shape index (κ3) is 4.30. The summed E-state index contributed by atoms with van der Waals surface area (Å²) in [4.78, 5) is 10.3. The van der Waals surface area contributed by atoms with Crippen LogP contribution in [0.5, 0.6) is 11.5 Å². The normalized spacial score (nSPS) is 9.83. The van der Waals surface area contributed by atoms with Crippen molar-refractivity contribution in [2.45, 2.75) is 0 Å². The van der Waals surface area contributed by atoms with Gasteiger partial charge in [0, 0.05) is 23.9 Å². The molecular weight excluding hydrogens is 318 g/mol. The Labute approximate surface area is 138 Å². The van der Waals surface area contributed by atoms with Gasteiger partial charge in [0.1, 0.15) is 11.5 Å². The van der Waals surface area contributed by atoms with E-state index in [2.05, 4.69) is 10.6 Å². The maximum Gasteiger partial charge on any atom is 0.271 e. The van der Waals surface area contributed by atoms with Crippen molar-refractivity contribution in [3.63, 3.8) is 0 Å². The van der Waals surface area contributed by atoms with E-state index in [0.29, 0.717) is 22.9 Å². The number of methoxy groups -OCH3 is 2. The molecule has 0 unspecified atom stereocenters. The van der Waals surface area contributed by atoms with Gasteiger partial charge in [-0.15, -0.1) is 0 Å². The Hall–Kier alpha value is -2.87. The maximum atomic E-state index is 10.8. The van der Waals surface area contributed by atoms with E-state index in [1.807, 2.05) is 0 Å². The average Bonchev–Trinajstić information content (AvgIpc) is 2.54. The van der Waals surface area contributed by atoms with Crippen LogP contribution in [0, 0.1) is 10.1 Å². The van der Waals surface area contributed by atoms with Crippen LogP contribution in [0.2, 0.25) is 0 Å². The molecule has 0 amide bonds. The number of anilines is 2. The van der Waals surface area contributed by atoms with E-state index in [-0.39, 0.29) is 10.8 Å². The lowest BCUT2D eigenvalue weighted by molar-refractivity contribution is -0.384. The number of nitrogens with one attached hydrogen (secondary N) is 2. The lowest BCUT2D eigenvalue weighted by atomic mass is 10.2. The second kappa shape index (κ2) is 7.41. The predicted molar refractivity (Wildman–Crippen MR) is 92.5 cm³/mol. The zero-order valence-electron chi connectivity index (χ0n) is 12.5. The Kier molecular flexibility index (Phi) is 5.32. The molecule has 2 N–H and O–H groups in total. The Morgan fingerprint density at radius 1 is 1.13 bits per heavy atom. The minimum Gasteiger partial charge on any atom is -0.497 e. The van der Waals surface area contributed by atoms with Crippen molar-refractivity contribution in [1.29, 1.82) is 0 Å². The summed E-state index contributed by atoms with van der Waals surface area (Å²) < 4.78 is 10.4. The molecule has 2 aromatic carbocycles. The highest BCUT2D eigenvalue weighted by Crippen LogP contribution is 2.29. The third-order valence-corrected chi connectivity index (χ3v) is 3.17. The molecule has 0 spiro atoms. The summed E-state index contributed by atoms with van der Waals surface area (Å²) in [5.74, 6) is 1.24. The molecule has 120 valence electrons. The fraction of sp³-hybridized carbons (Fsp3) is 0.133. The molecule has 0 heterocycles. The standard InChI is InChI=1S/C15H15N3O4S/c1-21-12-6-7-14(22-2)13(9-12)17-15(23)16-10-4-3-5-11(8-10)18(19)20/h3-9H,1-2H3,(H2,16,17,23). The third-order valence-electron chi connectivity index (χ3n) is 2.97. The minimum atomic E-state index is -0.466. The molecular formula is C15H15N3O4S.